The molecule has 0 aromatic heterocycles. The van der Waals surface area contributed by atoms with Crippen LogP contribution in [0.5, 0.6) is 0 Å². The van der Waals surface area contributed by atoms with E-state index in [-0.39, 0.29) is 29.5 Å². The lowest BCUT2D eigenvalue weighted by atomic mass is 9.74. The number of rotatable bonds is 5. The quantitative estimate of drug-likeness (QED) is 0.656. The number of fused-ring (bicyclic) bond motifs is 1. The van der Waals surface area contributed by atoms with Crippen LogP contribution in [0.15, 0.2) is 53.4 Å². The number of benzene rings is 2. The molecule has 2 aromatic carbocycles. The van der Waals surface area contributed by atoms with Gasteiger partial charge in [0.1, 0.15) is 5.82 Å². The van der Waals surface area contributed by atoms with Gasteiger partial charge in [-0.05, 0) is 67.3 Å². The molecule has 4 rings (SSSR count). The molecular formula is C27H33FN2O3S. The maximum absolute atomic E-state index is 13.4. The van der Waals surface area contributed by atoms with Crippen molar-refractivity contribution in [2.75, 3.05) is 26.2 Å². The fraction of sp³-hybridized carbons (Fsp3) is 0.481. The summed E-state index contributed by atoms with van der Waals surface area (Å²) >= 11 is 0. The number of nitrogens with zero attached hydrogens (tertiary/aromatic N) is 2. The normalized spacial score (nSPS) is 23.9. The Morgan fingerprint density at radius 3 is 2.38 bits per heavy atom. The first-order valence-corrected chi connectivity index (χ1v) is 13.5. The molecule has 0 radical (unpaired) electrons. The van der Waals surface area contributed by atoms with E-state index in [0.29, 0.717) is 19.0 Å². The Morgan fingerprint density at radius 1 is 1.06 bits per heavy atom. The van der Waals surface area contributed by atoms with Crippen molar-refractivity contribution in [2.45, 2.75) is 56.0 Å². The van der Waals surface area contributed by atoms with Crippen molar-refractivity contribution in [2.24, 2.45) is 5.92 Å². The zero-order valence-corrected chi connectivity index (χ0v) is 20.6. The van der Waals surface area contributed by atoms with Crippen molar-refractivity contribution >= 4 is 10.0 Å². The molecule has 2 aromatic rings. The van der Waals surface area contributed by atoms with E-state index in [9.17, 15) is 17.9 Å². The molecule has 7 heteroatoms. The first-order valence-electron chi connectivity index (χ1n) is 12.0. The van der Waals surface area contributed by atoms with Crippen LogP contribution in [0.4, 0.5) is 4.39 Å². The second-order valence-corrected chi connectivity index (χ2v) is 11.6. The molecule has 2 saturated heterocycles. The van der Waals surface area contributed by atoms with Crippen molar-refractivity contribution in [1.82, 2.24) is 9.21 Å². The number of sulfonamides is 1. The summed E-state index contributed by atoms with van der Waals surface area (Å²) < 4.78 is 41.6. The third kappa shape index (κ3) is 5.21. The molecule has 2 aliphatic heterocycles. The molecule has 0 amide bonds. The molecule has 0 bridgehead atoms. The van der Waals surface area contributed by atoms with Crippen molar-refractivity contribution in [3.8, 4) is 11.8 Å². The van der Waals surface area contributed by atoms with E-state index in [1.807, 2.05) is 12.1 Å². The lowest BCUT2D eigenvalue weighted by Crippen LogP contribution is -2.67. The minimum absolute atomic E-state index is 0.0226. The van der Waals surface area contributed by atoms with Gasteiger partial charge in [-0.25, -0.2) is 12.8 Å². The van der Waals surface area contributed by atoms with Gasteiger partial charge in [0.05, 0.1) is 11.5 Å². The standard InChI is InChI=1S/C27H33FN2O3S/c1-20(2)6-5-7-21-8-10-22(11-9-21)27-25-18-29(16-3-4-17-30(25)26(27)19-31)34(32,33)24-14-12-23(28)13-15-24/h8-15,20,25-27,31H,3-4,6,16-19H2,1-2H3/t25-,26-,27-/m1/s1. The highest BCUT2D eigenvalue weighted by molar-refractivity contribution is 7.89. The minimum Gasteiger partial charge on any atom is -0.395 e. The number of aliphatic hydroxyl groups excluding tert-OH is 1. The van der Waals surface area contributed by atoms with E-state index in [1.54, 1.807) is 0 Å². The highest BCUT2D eigenvalue weighted by Crippen LogP contribution is 2.42. The zero-order chi connectivity index (χ0) is 24.3. The molecule has 0 saturated carbocycles. The largest absolute Gasteiger partial charge is 0.395 e. The molecule has 2 fully saturated rings. The SMILES string of the molecule is CC(C)CC#Cc1ccc([C@H]2[C@@H](CO)N3CCCCN(S(=O)(=O)c4ccc(F)cc4)C[C@H]23)cc1. The summed E-state index contributed by atoms with van der Waals surface area (Å²) in [5.41, 5.74) is 2.05. The molecule has 0 unspecified atom stereocenters. The van der Waals surface area contributed by atoms with Gasteiger partial charge < -0.3 is 5.11 Å². The van der Waals surface area contributed by atoms with Crippen LogP contribution in [-0.4, -0.2) is 61.1 Å². The van der Waals surface area contributed by atoms with Crippen molar-refractivity contribution in [3.63, 3.8) is 0 Å². The smallest absolute Gasteiger partial charge is 0.243 e. The fourth-order valence-corrected chi connectivity index (χ4v) is 6.53. The predicted octanol–water partition coefficient (Wildman–Crippen LogP) is 3.84. The summed E-state index contributed by atoms with van der Waals surface area (Å²) in [7, 11) is -3.74. The van der Waals surface area contributed by atoms with Crippen LogP contribution in [0.25, 0.3) is 0 Å². The number of aliphatic hydroxyl groups is 1. The van der Waals surface area contributed by atoms with Gasteiger partial charge in [0, 0.05) is 43.1 Å². The summed E-state index contributed by atoms with van der Waals surface area (Å²) in [5, 5.41) is 10.1. The molecule has 0 spiro atoms. The lowest BCUT2D eigenvalue weighted by molar-refractivity contribution is -0.0553. The molecule has 1 N–H and O–H groups in total. The molecule has 182 valence electrons. The number of hydrogen-bond donors (Lipinski definition) is 1. The Hall–Kier alpha value is -2.24. The van der Waals surface area contributed by atoms with Crippen LogP contribution < -0.4 is 0 Å². The Kier molecular flexibility index (Phi) is 7.73. The third-order valence-electron chi connectivity index (χ3n) is 6.82. The van der Waals surface area contributed by atoms with Crippen LogP contribution in [-0.2, 0) is 10.0 Å². The van der Waals surface area contributed by atoms with Gasteiger partial charge in [0.15, 0.2) is 0 Å². The summed E-state index contributed by atoms with van der Waals surface area (Å²) in [6, 6.07) is 13.1. The van der Waals surface area contributed by atoms with Gasteiger partial charge in [0.2, 0.25) is 10.0 Å². The molecular weight excluding hydrogens is 451 g/mol. The molecule has 2 heterocycles. The second-order valence-electron chi connectivity index (χ2n) is 9.63. The topological polar surface area (TPSA) is 60.9 Å². The summed E-state index contributed by atoms with van der Waals surface area (Å²) in [6.07, 6.45) is 2.46. The second kappa shape index (κ2) is 10.6. The van der Waals surface area contributed by atoms with Crippen LogP contribution in [0.1, 0.15) is 50.2 Å². The Morgan fingerprint density at radius 2 is 1.74 bits per heavy atom. The van der Waals surface area contributed by atoms with Crippen molar-refractivity contribution < 1.29 is 17.9 Å². The van der Waals surface area contributed by atoms with Gasteiger partial charge in [-0.2, -0.15) is 4.31 Å². The van der Waals surface area contributed by atoms with Gasteiger partial charge in [-0.15, -0.1) is 0 Å². The molecule has 3 atom stereocenters. The monoisotopic (exact) mass is 484 g/mol. The van der Waals surface area contributed by atoms with E-state index in [4.69, 9.17) is 0 Å². The number of halogens is 1. The Balaban J connectivity index is 1.57. The fourth-order valence-electron chi connectivity index (χ4n) is 5.03. The molecule has 2 aliphatic rings. The number of hydrogen-bond acceptors (Lipinski definition) is 4. The highest BCUT2D eigenvalue weighted by Gasteiger charge is 2.50. The highest BCUT2D eigenvalue weighted by atomic mass is 32.2. The summed E-state index contributed by atoms with van der Waals surface area (Å²) in [4.78, 5) is 2.35. The van der Waals surface area contributed by atoms with Crippen LogP contribution >= 0.6 is 0 Å². The zero-order valence-electron chi connectivity index (χ0n) is 19.8. The Labute approximate surface area is 202 Å². The van der Waals surface area contributed by atoms with E-state index in [2.05, 4.69) is 42.7 Å². The van der Waals surface area contributed by atoms with E-state index in [1.165, 1.54) is 28.6 Å². The van der Waals surface area contributed by atoms with Crippen LogP contribution in [0.2, 0.25) is 0 Å². The molecule has 0 aliphatic carbocycles. The third-order valence-corrected chi connectivity index (χ3v) is 8.70. The van der Waals surface area contributed by atoms with E-state index < -0.39 is 15.8 Å². The lowest BCUT2D eigenvalue weighted by Gasteiger charge is -2.57. The van der Waals surface area contributed by atoms with Crippen molar-refractivity contribution in [3.05, 3.63) is 65.5 Å². The van der Waals surface area contributed by atoms with Gasteiger partial charge >= 0.3 is 0 Å². The average Bonchev–Trinajstić information content (AvgIpc) is 2.79. The Bertz CT molecular complexity index is 1140. The van der Waals surface area contributed by atoms with Crippen LogP contribution in [0.3, 0.4) is 0 Å². The van der Waals surface area contributed by atoms with E-state index >= 15 is 0 Å². The first kappa shape index (κ1) is 24.9. The predicted molar refractivity (Wildman–Crippen MR) is 131 cm³/mol. The minimum atomic E-state index is -3.74. The van der Waals surface area contributed by atoms with Crippen molar-refractivity contribution in [1.29, 1.82) is 0 Å². The van der Waals surface area contributed by atoms with E-state index in [0.717, 1.165) is 36.9 Å². The maximum Gasteiger partial charge on any atom is 0.243 e. The van der Waals surface area contributed by atoms with Gasteiger partial charge in [-0.1, -0.05) is 37.8 Å². The summed E-state index contributed by atoms with van der Waals surface area (Å²) in [6.45, 7) is 5.94. The molecule has 34 heavy (non-hydrogen) atoms. The summed E-state index contributed by atoms with van der Waals surface area (Å²) in [5.74, 6) is 6.52. The average molecular weight is 485 g/mol. The van der Waals surface area contributed by atoms with Gasteiger partial charge in [-0.3, -0.25) is 4.90 Å². The van der Waals surface area contributed by atoms with Crippen LogP contribution in [0, 0.1) is 23.6 Å². The van der Waals surface area contributed by atoms with Gasteiger partial charge in [0.25, 0.3) is 0 Å². The molecule has 5 nitrogen and oxygen atoms in total. The maximum atomic E-state index is 13.4. The first-order chi connectivity index (χ1) is 16.3.